The zero-order valence-electron chi connectivity index (χ0n) is 9.71. The summed E-state index contributed by atoms with van der Waals surface area (Å²) < 4.78 is 6.06. The van der Waals surface area contributed by atoms with Gasteiger partial charge in [0, 0.05) is 15.6 Å². The first-order valence-corrected chi connectivity index (χ1v) is 5.94. The zero-order chi connectivity index (χ0) is 12.1. The molecule has 0 amide bonds. The summed E-state index contributed by atoms with van der Waals surface area (Å²) in [5.74, 6) is 0.0561. The van der Waals surface area contributed by atoms with E-state index in [2.05, 4.69) is 15.9 Å². The fraction of sp³-hybridized carbons (Fsp3) is 0.308. The third-order valence-electron chi connectivity index (χ3n) is 2.15. The summed E-state index contributed by atoms with van der Waals surface area (Å²) in [6.45, 7) is 6.07. The molecule has 0 N–H and O–H groups in total. The second-order valence-electron chi connectivity index (χ2n) is 3.52. The van der Waals surface area contributed by atoms with Crippen LogP contribution in [-0.2, 0) is 4.74 Å². The van der Waals surface area contributed by atoms with Crippen LogP contribution in [-0.4, -0.2) is 12.4 Å². The van der Waals surface area contributed by atoms with Gasteiger partial charge in [0.15, 0.2) is 5.78 Å². The molecule has 3 heteroatoms. The Balaban J connectivity index is 3.19. The minimum atomic E-state index is 0.0561. The van der Waals surface area contributed by atoms with E-state index in [1.54, 1.807) is 13.2 Å². The maximum absolute atomic E-state index is 11.5. The van der Waals surface area contributed by atoms with Gasteiger partial charge in [-0.2, -0.15) is 0 Å². The van der Waals surface area contributed by atoms with Crippen LogP contribution >= 0.6 is 15.9 Å². The highest BCUT2D eigenvalue weighted by atomic mass is 79.9. The predicted molar refractivity (Wildman–Crippen MR) is 69.5 cm³/mol. The Morgan fingerprint density at radius 2 is 2.19 bits per heavy atom. The van der Waals surface area contributed by atoms with Crippen molar-refractivity contribution in [3.63, 3.8) is 0 Å². The Morgan fingerprint density at radius 3 is 2.75 bits per heavy atom. The normalized spacial score (nSPS) is 10.8. The van der Waals surface area contributed by atoms with Crippen LogP contribution in [0.15, 0.2) is 22.9 Å². The van der Waals surface area contributed by atoms with Crippen molar-refractivity contribution in [2.75, 3.05) is 6.61 Å². The number of Topliss-reactive ketones (excluding diaryl/α,β-unsaturated/α-hetero) is 1. The summed E-state index contributed by atoms with van der Waals surface area (Å²) in [4.78, 5) is 11.5. The molecule has 0 aromatic heterocycles. The Bertz CT molecular complexity index is 422. The van der Waals surface area contributed by atoms with Crippen LogP contribution in [0.1, 0.15) is 35.3 Å². The molecule has 0 fully saturated rings. The quantitative estimate of drug-likeness (QED) is 0.617. The fourth-order valence-electron chi connectivity index (χ4n) is 1.43. The van der Waals surface area contributed by atoms with Crippen LogP contribution in [0, 0.1) is 6.92 Å². The highest BCUT2D eigenvalue weighted by molar-refractivity contribution is 9.10. The van der Waals surface area contributed by atoms with E-state index in [1.807, 2.05) is 32.1 Å². The molecule has 0 saturated heterocycles. The number of carbonyl (C=O) groups is 1. The van der Waals surface area contributed by atoms with Gasteiger partial charge in [-0.1, -0.05) is 15.9 Å². The SMILES string of the molecule is CCO/C=C/c1c(Br)cc(C)cc1C(C)=O. The first-order chi connectivity index (χ1) is 7.56. The van der Waals surface area contributed by atoms with E-state index in [4.69, 9.17) is 4.74 Å². The van der Waals surface area contributed by atoms with Crippen LogP contribution in [0.2, 0.25) is 0 Å². The number of ether oxygens (including phenoxy) is 1. The van der Waals surface area contributed by atoms with Crippen LogP contribution < -0.4 is 0 Å². The summed E-state index contributed by atoms with van der Waals surface area (Å²) >= 11 is 3.46. The third kappa shape index (κ3) is 3.20. The van der Waals surface area contributed by atoms with Crippen molar-refractivity contribution < 1.29 is 9.53 Å². The van der Waals surface area contributed by atoms with Gasteiger partial charge < -0.3 is 4.74 Å². The molecule has 0 unspecified atom stereocenters. The number of halogens is 1. The average molecular weight is 283 g/mol. The molecule has 16 heavy (non-hydrogen) atoms. The molecule has 0 saturated carbocycles. The summed E-state index contributed by atoms with van der Waals surface area (Å²) in [7, 11) is 0. The molecule has 1 aromatic carbocycles. The summed E-state index contributed by atoms with van der Waals surface area (Å²) in [6.07, 6.45) is 3.42. The van der Waals surface area contributed by atoms with Crippen LogP contribution in [0.3, 0.4) is 0 Å². The van der Waals surface area contributed by atoms with Gasteiger partial charge in [-0.15, -0.1) is 0 Å². The van der Waals surface area contributed by atoms with E-state index >= 15 is 0 Å². The second kappa shape index (κ2) is 5.85. The van der Waals surface area contributed by atoms with Crippen molar-refractivity contribution in [3.8, 4) is 0 Å². The van der Waals surface area contributed by atoms with Crippen molar-refractivity contribution >= 4 is 27.8 Å². The number of rotatable bonds is 4. The molecule has 0 spiro atoms. The van der Waals surface area contributed by atoms with E-state index < -0.39 is 0 Å². The highest BCUT2D eigenvalue weighted by Gasteiger charge is 2.09. The molecule has 1 rings (SSSR count). The lowest BCUT2D eigenvalue weighted by molar-refractivity contribution is 0.101. The van der Waals surface area contributed by atoms with Crippen molar-refractivity contribution in [3.05, 3.63) is 39.6 Å². The lowest BCUT2D eigenvalue weighted by Crippen LogP contribution is -1.98. The van der Waals surface area contributed by atoms with Crippen LogP contribution in [0.5, 0.6) is 0 Å². The van der Waals surface area contributed by atoms with Gasteiger partial charge in [0.1, 0.15) is 0 Å². The molecule has 0 aliphatic carbocycles. The fourth-order valence-corrected chi connectivity index (χ4v) is 2.13. The molecular formula is C13H15BrO2. The third-order valence-corrected chi connectivity index (χ3v) is 2.81. The lowest BCUT2D eigenvalue weighted by atomic mass is 10.0. The number of carbonyl (C=O) groups excluding carboxylic acids is 1. The van der Waals surface area contributed by atoms with Crippen LogP contribution in [0.4, 0.5) is 0 Å². The number of aryl methyl sites for hydroxylation is 1. The van der Waals surface area contributed by atoms with Gasteiger partial charge in [-0.25, -0.2) is 0 Å². The van der Waals surface area contributed by atoms with Crippen molar-refractivity contribution in [2.24, 2.45) is 0 Å². The van der Waals surface area contributed by atoms with Gasteiger partial charge in [-0.3, -0.25) is 4.79 Å². The van der Waals surface area contributed by atoms with E-state index in [9.17, 15) is 4.79 Å². The predicted octanol–water partition coefficient (Wildman–Crippen LogP) is 3.97. The second-order valence-corrected chi connectivity index (χ2v) is 4.38. The minimum Gasteiger partial charge on any atom is -0.501 e. The smallest absolute Gasteiger partial charge is 0.160 e. The van der Waals surface area contributed by atoms with Crippen molar-refractivity contribution in [1.29, 1.82) is 0 Å². The monoisotopic (exact) mass is 282 g/mol. The lowest BCUT2D eigenvalue weighted by Gasteiger charge is -2.07. The van der Waals surface area contributed by atoms with Crippen molar-refractivity contribution in [2.45, 2.75) is 20.8 Å². The summed E-state index contributed by atoms with van der Waals surface area (Å²) in [6, 6.07) is 3.87. The topological polar surface area (TPSA) is 26.3 Å². The van der Waals surface area contributed by atoms with E-state index in [-0.39, 0.29) is 5.78 Å². The molecule has 86 valence electrons. The number of hydrogen-bond acceptors (Lipinski definition) is 2. The average Bonchev–Trinajstić information content (AvgIpc) is 2.20. The van der Waals surface area contributed by atoms with E-state index in [0.29, 0.717) is 12.2 Å². The summed E-state index contributed by atoms with van der Waals surface area (Å²) in [5, 5.41) is 0. The molecule has 0 radical (unpaired) electrons. The number of benzene rings is 1. The maximum atomic E-state index is 11.5. The molecule has 1 aromatic rings. The highest BCUT2D eigenvalue weighted by Crippen LogP contribution is 2.24. The van der Waals surface area contributed by atoms with Gasteiger partial charge in [-0.05, 0) is 44.5 Å². The van der Waals surface area contributed by atoms with E-state index in [0.717, 1.165) is 15.6 Å². The molecular weight excluding hydrogens is 268 g/mol. The Hall–Kier alpha value is -1.09. The number of hydrogen-bond donors (Lipinski definition) is 0. The van der Waals surface area contributed by atoms with E-state index in [1.165, 1.54) is 0 Å². The molecule has 0 aliphatic heterocycles. The molecule has 2 nitrogen and oxygen atoms in total. The standard InChI is InChI=1S/C13H15BrO2/c1-4-16-6-5-11-12(10(3)15)7-9(2)8-13(11)14/h5-8H,4H2,1-3H3/b6-5+. The first kappa shape index (κ1) is 13.0. The molecule has 0 bridgehead atoms. The van der Waals surface area contributed by atoms with Crippen molar-refractivity contribution in [1.82, 2.24) is 0 Å². The Kier molecular flexibility index (Phi) is 4.74. The minimum absolute atomic E-state index is 0.0561. The molecule has 0 atom stereocenters. The maximum Gasteiger partial charge on any atom is 0.160 e. The molecule has 0 heterocycles. The number of ketones is 1. The largest absolute Gasteiger partial charge is 0.501 e. The first-order valence-electron chi connectivity index (χ1n) is 5.15. The van der Waals surface area contributed by atoms with Gasteiger partial charge in [0.25, 0.3) is 0 Å². The van der Waals surface area contributed by atoms with Gasteiger partial charge in [0.05, 0.1) is 12.9 Å². The Morgan fingerprint density at radius 1 is 1.50 bits per heavy atom. The summed E-state index contributed by atoms with van der Waals surface area (Å²) in [5.41, 5.74) is 2.64. The van der Waals surface area contributed by atoms with Gasteiger partial charge in [0.2, 0.25) is 0 Å². The van der Waals surface area contributed by atoms with Gasteiger partial charge >= 0.3 is 0 Å². The Labute approximate surface area is 104 Å². The molecule has 0 aliphatic rings. The van der Waals surface area contributed by atoms with Crippen LogP contribution in [0.25, 0.3) is 6.08 Å². The zero-order valence-corrected chi connectivity index (χ0v) is 11.3.